The van der Waals surface area contributed by atoms with Crippen molar-refractivity contribution in [3.8, 4) is 17.4 Å². The van der Waals surface area contributed by atoms with Crippen molar-refractivity contribution >= 4 is 22.4 Å². The van der Waals surface area contributed by atoms with Crippen LogP contribution in [0.2, 0.25) is 0 Å². The zero-order valence-electron chi connectivity index (χ0n) is 19.5. The molecule has 0 radical (unpaired) electrons. The highest BCUT2D eigenvalue weighted by molar-refractivity contribution is 5.86. The van der Waals surface area contributed by atoms with Crippen molar-refractivity contribution in [2.45, 2.75) is 38.5 Å². The van der Waals surface area contributed by atoms with Gasteiger partial charge in [0.2, 0.25) is 5.88 Å². The fraction of sp³-hybridized carbons (Fsp3) is 0.269. The largest absolute Gasteiger partial charge is 0.496 e. The molecule has 0 unspecified atom stereocenters. The van der Waals surface area contributed by atoms with Crippen LogP contribution in [0.3, 0.4) is 0 Å². The molecule has 174 valence electrons. The predicted octanol–water partition coefficient (Wildman–Crippen LogP) is 6.03. The van der Waals surface area contributed by atoms with Crippen molar-refractivity contribution in [2.24, 2.45) is 0 Å². The maximum atomic E-state index is 6.14. The highest BCUT2D eigenvalue weighted by Gasteiger charge is 2.42. The number of hydrogen-bond acceptors (Lipinski definition) is 8. The van der Waals surface area contributed by atoms with Gasteiger partial charge in [-0.3, -0.25) is 0 Å². The van der Waals surface area contributed by atoms with E-state index in [0.717, 1.165) is 52.9 Å². The number of hydrogen-bond donors (Lipinski definition) is 2. The summed E-state index contributed by atoms with van der Waals surface area (Å²) >= 11 is 0. The first-order chi connectivity index (χ1) is 16.5. The maximum Gasteiger partial charge on any atom is 0.230 e. The molecule has 0 bridgehead atoms. The molecular weight excluding hydrogens is 430 g/mol. The van der Waals surface area contributed by atoms with E-state index in [1.165, 1.54) is 6.33 Å². The summed E-state index contributed by atoms with van der Waals surface area (Å²) in [5.74, 6) is 4.03. The lowest BCUT2D eigenvalue weighted by Crippen LogP contribution is -2.08. The Labute approximate surface area is 198 Å². The van der Waals surface area contributed by atoms with Crippen LogP contribution in [0.15, 0.2) is 65.7 Å². The van der Waals surface area contributed by atoms with Gasteiger partial charge in [0, 0.05) is 29.3 Å². The second-order valence-corrected chi connectivity index (χ2v) is 8.71. The number of anilines is 2. The number of rotatable bonds is 9. The van der Waals surface area contributed by atoms with Crippen LogP contribution in [0.5, 0.6) is 17.4 Å². The molecular formula is C26H27N5O3. The van der Waals surface area contributed by atoms with E-state index >= 15 is 0 Å². The molecule has 2 N–H and O–H groups in total. The van der Waals surface area contributed by atoms with Gasteiger partial charge in [-0.1, -0.05) is 31.6 Å². The summed E-state index contributed by atoms with van der Waals surface area (Å²) in [6, 6.07) is 13.4. The van der Waals surface area contributed by atoms with Crippen molar-refractivity contribution in [3.63, 3.8) is 0 Å². The van der Waals surface area contributed by atoms with Gasteiger partial charge in [-0.15, -0.1) is 0 Å². The molecule has 0 saturated heterocycles. The number of aromatic nitrogens is 3. The molecule has 34 heavy (non-hydrogen) atoms. The first-order valence-electron chi connectivity index (χ1n) is 11.3. The number of methoxy groups -OCH3 is 1. The topological polar surface area (TPSA) is 94.3 Å². The van der Waals surface area contributed by atoms with Gasteiger partial charge in [-0.25, -0.2) is 9.97 Å². The summed E-state index contributed by atoms with van der Waals surface area (Å²) in [6.45, 7) is 8.30. The van der Waals surface area contributed by atoms with Gasteiger partial charge in [0.05, 0.1) is 18.0 Å². The predicted molar refractivity (Wildman–Crippen MR) is 131 cm³/mol. The number of aryl methyl sites for hydroxylation is 1. The van der Waals surface area contributed by atoms with E-state index in [1.54, 1.807) is 7.11 Å². The standard InChI is InChI=1S/C26H27N5O3/c1-5-17-11-20-21(13-22(17)32-4)27-15-28-25(20)33-19-8-6-7-18(12-19)29-16(2)30-24-14-23(34-31-24)26(3)9-10-26/h6-8,11-15,29H,2,5,9-10H2,1,3-4H3,(H,30,31). The molecule has 5 rings (SSSR count). The second kappa shape index (κ2) is 8.70. The monoisotopic (exact) mass is 457 g/mol. The molecule has 8 nitrogen and oxygen atoms in total. The molecule has 1 saturated carbocycles. The van der Waals surface area contributed by atoms with Gasteiger partial charge < -0.3 is 24.6 Å². The smallest absolute Gasteiger partial charge is 0.230 e. The molecule has 0 atom stereocenters. The molecule has 1 fully saturated rings. The molecule has 0 amide bonds. The SMILES string of the molecule is C=C(Nc1cccc(Oc2ncnc3cc(OC)c(CC)cc23)c1)Nc1cc(C2(C)CC2)on1. The molecule has 2 heterocycles. The van der Waals surface area contributed by atoms with Crippen LogP contribution >= 0.6 is 0 Å². The Morgan fingerprint density at radius 1 is 1.15 bits per heavy atom. The lowest BCUT2D eigenvalue weighted by molar-refractivity contribution is 0.361. The molecule has 2 aromatic carbocycles. The third-order valence-corrected chi connectivity index (χ3v) is 6.11. The number of benzene rings is 2. The Hall–Kier alpha value is -4.07. The minimum absolute atomic E-state index is 0.127. The van der Waals surface area contributed by atoms with Crippen LogP contribution < -0.4 is 20.1 Å². The van der Waals surface area contributed by atoms with Gasteiger partial charge >= 0.3 is 0 Å². The summed E-state index contributed by atoms with van der Waals surface area (Å²) in [6.07, 6.45) is 4.57. The average molecular weight is 458 g/mol. The summed E-state index contributed by atoms with van der Waals surface area (Å²) in [5, 5.41) is 11.3. The molecule has 1 aliphatic rings. The highest BCUT2D eigenvalue weighted by atomic mass is 16.5. The second-order valence-electron chi connectivity index (χ2n) is 8.71. The Balaban J connectivity index is 1.31. The van der Waals surface area contributed by atoms with Gasteiger partial charge in [0.15, 0.2) is 5.82 Å². The molecule has 0 aliphatic heterocycles. The van der Waals surface area contributed by atoms with Crippen LogP contribution in [0, 0.1) is 0 Å². The summed E-state index contributed by atoms with van der Waals surface area (Å²) in [5.41, 5.74) is 2.76. The van der Waals surface area contributed by atoms with Crippen LogP contribution in [0.25, 0.3) is 10.9 Å². The van der Waals surface area contributed by atoms with E-state index in [2.05, 4.69) is 46.2 Å². The van der Waals surface area contributed by atoms with Crippen molar-refractivity contribution in [1.29, 1.82) is 0 Å². The van der Waals surface area contributed by atoms with Gasteiger partial charge in [0.1, 0.15) is 29.4 Å². The number of ether oxygens (including phenoxy) is 2. The van der Waals surface area contributed by atoms with Crippen LogP contribution in [0.4, 0.5) is 11.5 Å². The Morgan fingerprint density at radius 2 is 2.00 bits per heavy atom. The maximum absolute atomic E-state index is 6.14. The van der Waals surface area contributed by atoms with E-state index in [1.807, 2.05) is 42.5 Å². The van der Waals surface area contributed by atoms with E-state index < -0.39 is 0 Å². The van der Waals surface area contributed by atoms with Gasteiger partial charge in [0.25, 0.3) is 0 Å². The molecule has 2 aromatic heterocycles. The molecule has 8 heteroatoms. The zero-order chi connectivity index (χ0) is 23.7. The van der Waals surface area contributed by atoms with Crippen molar-refractivity contribution in [3.05, 3.63) is 72.5 Å². The van der Waals surface area contributed by atoms with Crippen molar-refractivity contribution in [2.75, 3.05) is 17.7 Å². The number of nitrogens with zero attached hydrogens (tertiary/aromatic N) is 3. The molecule has 4 aromatic rings. The minimum atomic E-state index is 0.127. The first kappa shape index (κ1) is 21.8. The Bertz CT molecular complexity index is 1360. The lowest BCUT2D eigenvalue weighted by Gasteiger charge is -2.13. The van der Waals surface area contributed by atoms with Crippen LogP contribution in [-0.4, -0.2) is 22.2 Å². The highest BCUT2D eigenvalue weighted by Crippen LogP contribution is 2.48. The van der Waals surface area contributed by atoms with Gasteiger partial charge in [-0.05, 0) is 43.0 Å². The number of fused-ring (bicyclic) bond motifs is 1. The number of nitrogens with one attached hydrogen (secondary N) is 2. The fourth-order valence-corrected chi connectivity index (χ4v) is 3.81. The quantitative estimate of drug-likeness (QED) is 0.315. The third kappa shape index (κ3) is 4.39. The zero-order valence-corrected chi connectivity index (χ0v) is 19.5. The van der Waals surface area contributed by atoms with E-state index in [0.29, 0.717) is 23.3 Å². The van der Waals surface area contributed by atoms with Crippen molar-refractivity contribution in [1.82, 2.24) is 15.1 Å². The van der Waals surface area contributed by atoms with Crippen molar-refractivity contribution < 1.29 is 14.0 Å². The lowest BCUT2D eigenvalue weighted by atomic mass is 10.1. The first-order valence-corrected chi connectivity index (χ1v) is 11.3. The Kier molecular flexibility index (Phi) is 5.57. The fourth-order valence-electron chi connectivity index (χ4n) is 3.81. The normalized spacial score (nSPS) is 14.0. The summed E-state index contributed by atoms with van der Waals surface area (Å²) in [4.78, 5) is 8.73. The third-order valence-electron chi connectivity index (χ3n) is 6.11. The minimum Gasteiger partial charge on any atom is -0.496 e. The van der Waals surface area contributed by atoms with E-state index in [9.17, 15) is 0 Å². The summed E-state index contributed by atoms with van der Waals surface area (Å²) < 4.78 is 17.1. The van der Waals surface area contributed by atoms with Crippen LogP contribution in [0.1, 0.15) is 38.0 Å². The summed E-state index contributed by atoms with van der Waals surface area (Å²) in [7, 11) is 1.66. The molecule has 1 aliphatic carbocycles. The van der Waals surface area contributed by atoms with E-state index in [4.69, 9.17) is 14.0 Å². The average Bonchev–Trinajstić information content (AvgIpc) is 3.41. The van der Waals surface area contributed by atoms with Gasteiger partial charge in [-0.2, -0.15) is 0 Å². The van der Waals surface area contributed by atoms with Crippen LogP contribution in [-0.2, 0) is 11.8 Å². The Morgan fingerprint density at radius 3 is 2.76 bits per heavy atom. The van der Waals surface area contributed by atoms with E-state index in [-0.39, 0.29) is 5.41 Å². The molecule has 0 spiro atoms.